The molecule has 0 aromatic carbocycles. The van der Waals surface area contributed by atoms with Crippen LogP contribution in [-0.4, -0.2) is 67.4 Å². The van der Waals surface area contributed by atoms with Crippen LogP contribution in [0.15, 0.2) is 11.5 Å². The number of carboxylic acid groups (broad SMARTS) is 2. The first-order valence-corrected chi connectivity index (χ1v) is 19.2. The molecule has 0 aliphatic carbocycles. The van der Waals surface area contributed by atoms with Gasteiger partial charge in [-0.05, 0) is 12.8 Å². The van der Waals surface area contributed by atoms with Crippen molar-refractivity contribution in [2.24, 2.45) is 0 Å². The molecule has 10 heteroatoms. The van der Waals surface area contributed by atoms with Crippen molar-refractivity contribution in [2.45, 2.75) is 206 Å². The lowest BCUT2D eigenvalue weighted by Crippen LogP contribution is -2.31. The van der Waals surface area contributed by atoms with E-state index in [2.05, 4.69) is 18.6 Å². The van der Waals surface area contributed by atoms with Crippen LogP contribution < -0.4 is 0 Å². The average molecular weight is 689 g/mol. The zero-order valence-corrected chi connectivity index (χ0v) is 30.5. The fraction of sp³-hybridized carbons (Fsp3) is 0.868. The van der Waals surface area contributed by atoms with Gasteiger partial charge in [-0.1, -0.05) is 168 Å². The van der Waals surface area contributed by atoms with Gasteiger partial charge in [-0.2, -0.15) is 0 Å². The van der Waals surface area contributed by atoms with Gasteiger partial charge in [-0.15, -0.1) is 0 Å². The number of rotatable bonds is 30. The lowest BCUT2D eigenvalue weighted by Gasteiger charge is -2.13. The van der Waals surface area contributed by atoms with E-state index in [1.54, 1.807) is 0 Å². The monoisotopic (exact) mass is 689 g/mol. The summed E-state index contributed by atoms with van der Waals surface area (Å²) in [5.74, 6) is -4.09. The Labute approximate surface area is 291 Å². The summed E-state index contributed by atoms with van der Waals surface area (Å²) in [7, 11) is 0. The van der Waals surface area contributed by atoms with Crippen molar-refractivity contribution in [3.05, 3.63) is 11.5 Å². The summed E-state index contributed by atoms with van der Waals surface area (Å²) in [5.41, 5.74) is 0. The van der Waals surface area contributed by atoms with E-state index in [0.29, 0.717) is 12.8 Å². The van der Waals surface area contributed by atoms with Crippen LogP contribution in [0.25, 0.3) is 0 Å². The highest BCUT2D eigenvalue weighted by Crippen LogP contribution is 2.21. The maximum absolute atomic E-state index is 10.5. The third kappa shape index (κ3) is 32.2. The minimum Gasteiger partial charge on any atom is -0.505 e. The first kappa shape index (κ1) is 47.8. The molecule has 0 spiro atoms. The smallest absolute Gasteiger partial charge is 0.377 e. The normalized spacial score (nSPS) is 14.5. The summed E-state index contributed by atoms with van der Waals surface area (Å²) in [5, 5.41) is 52.0. The molecule has 2 unspecified atom stereocenters. The number of aliphatic hydroxyl groups excluding tert-OH is 4. The van der Waals surface area contributed by atoms with Crippen molar-refractivity contribution in [3.63, 3.8) is 0 Å². The Morgan fingerprint density at radius 2 is 0.833 bits per heavy atom. The minimum absolute atomic E-state index is 0.345. The second-order valence-electron chi connectivity index (χ2n) is 13.1. The molecule has 1 aliphatic heterocycles. The second kappa shape index (κ2) is 36.0. The Balaban J connectivity index is 0. The van der Waals surface area contributed by atoms with Gasteiger partial charge in [-0.25, -0.2) is 4.79 Å². The molecule has 0 saturated heterocycles. The first-order valence-electron chi connectivity index (χ1n) is 19.2. The number of carbonyl (C=O) groups excluding carboxylic acids is 1. The molecule has 0 bridgehead atoms. The van der Waals surface area contributed by atoms with E-state index >= 15 is 0 Å². The lowest BCUT2D eigenvalue weighted by molar-refractivity contribution is -0.147. The van der Waals surface area contributed by atoms with E-state index in [1.165, 1.54) is 141 Å². The van der Waals surface area contributed by atoms with E-state index in [-0.39, 0.29) is 0 Å². The SMILES string of the molecule is CCCCCCCCCCCCCCCC(=O)O.CCCCCCCCCCCCCCCC(=O)O.O=C1OC(C(O)CO)C(O)=C1O. The molecule has 0 saturated carbocycles. The Kier molecular flexibility index (Phi) is 35.8. The van der Waals surface area contributed by atoms with Crippen LogP contribution in [0.4, 0.5) is 0 Å². The molecule has 284 valence electrons. The fourth-order valence-electron chi connectivity index (χ4n) is 5.41. The van der Waals surface area contributed by atoms with Gasteiger partial charge in [0.2, 0.25) is 5.76 Å². The molecule has 10 nitrogen and oxygen atoms in total. The zero-order valence-electron chi connectivity index (χ0n) is 30.5. The number of carboxylic acids is 2. The maximum atomic E-state index is 10.5. The fourth-order valence-corrected chi connectivity index (χ4v) is 5.41. The van der Waals surface area contributed by atoms with Crippen LogP contribution >= 0.6 is 0 Å². The number of cyclic esters (lactones) is 1. The van der Waals surface area contributed by atoms with Crippen LogP contribution in [0.3, 0.4) is 0 Å². The Bertz CT molecular complexity index is 758. The number of aliphatic carboxylic acids is 2. The number of ether oxygens (including phenoxy) is 1. The first-order chi connectivity index (χ1) is 23.1. The van der Waals surface area contributed by atoms with E-state index in [4.69, 9.17) is 30.6 Å². The molecule has 1 rings (SSSR count). The predicted octanol–water partition coefficient (Wildman–Crippen LogP) is 9.70. The van der Waals surface area contributed by atoms with Crippen LogP contribution in [0, 0.1) is 0 Å². The number of carbonyl (C=O) groups is 3. The lowest BCUT2D eigenvalue weighted by atomic mass is 10.0. The topological polar surface area (TPSA) is 182 Å². The molecule has 0 aromatic rings. The number of esters is 1. The van der Waals surface area contributed by atoms with Crippen LogP contribution in [0.1, 0.15) is 194 Å². The van der Waals surface area contributed by atoms with Crippen molar-refractivity contribution < 1.29 is 49.8 Å². The van der Waals surface area contributed by atoms with Gasteiger partial charge in [-0.3, -0.25) is 9.59 Å². The van der Waals surface area contributed by atoms with E-state index in [0.717, 1.165) is 25.7 Å². The Morgan fingerprint density at radius 3 is 1.04 bits per heavy atom. The summed E-state index contributed by atoms with van der Waals surface area (Å²) in [6, 6.07) is 0. The molecular weight excluding hydrogens is 616 g/mol. The summed E-state index contributed by atoms with van der Waals surface area (Å²) in [6.45, 7) is 3.85. The highest BCUT2D eigenvalue weighted by atomic mass is 16.6. The van der Waals surface area contributed by atoms with Gasteiger partial charge < -0.3 is 35.4 Å². The van der Waals surface area contributed by atoms with E-state index < -0.39 is 48.2 Å². The van der Waals surface area contributed by atoms with Crippen LogP contribution in [0.2, 0.25) is 0 Å². The summed E-state index contributed by atoms with van der Waals surface area (Å²) >= 11 is 0. The quantitative estimate of drug-likeness (QED) is 0.0314. The number of hydrogen-bond acceptors (Lipinski definition) is 8. The summed E-state index contributed by atoms with van der Waals surface area (Å²) in [6.07, 6.45) is 31.8. The second-order valence-corrected chi connectivity index (χ2v) is 13.1. The number of unbranched alkanes of at least 4 members (excludes halogenated alkanes) is 24. The highest BCUT2D eigenvalue weighted by molar-refractivity contribution is 5.89. The zero-order chi connectivity index (χ0) is 36.3. The van der Waals surface area contributed by atoms with Gasteiger partial charge in [0, 0.05) is 12.8 Å². The van der Waals surface area contributed by atoms with Gasteiger partial charge >= 0.3 is 17.9 Å². The highest BCUT2D eigenvalue weighted by Gasteiger charge is 2.38. The van der Waals surface area contributed by atoms with Gasteiger partial charge in [0.05, 0.1) is 6.61 Å². The molecule has 6 N–H and O–H groups in total. The molecule has 0 fully saturated rings. The largest absolute Gasteiger partial charge is 0.505 e. The summed E-state index contributed by atoms with van der Waals surface area (Å²) in [4.78, 5) is 31.1. The molecule has 0 amide bonds. The molecular formula is C38H72O10. The van der Waals surface area contributed by atoms with Gasteiger partial charge in [0.1, 0.15) is 6.10 Å². The number of aliphatic hydroxyl groups is 4. The molecule has 1 aliphatic rings. The molecule has 0 aromatic heterocycles. The Morgan fingerprint density at radius 1 is 0.562 bits per heavy atom. The van der Waals surface area contributed by atoms with Crippen molar-refractivity contribution in [2.75, 3.05) is 6.61 Å². The Hall–Kier alpha value is -2.33. The third-order valence-corrected chi connectivity index (χ3v) is 8.46. The van der Waals surface area contributed by atoms with Crippen LogP contribution in [-0.2, 0) is 19.1 Å². The van der Waals surface area contributed by atoms with E-state index in [1.807, 2.05) is 0 Å². The van der Waals surface area contributed by atoms with Crippen molar-refractivity contribution in [1.29, 1.82) is 0 Å². The predicted molar refractivity (Wildman–Crippen MR) is 191 cm³/mol. The van der Waals surface area contributed by atoms with Crippen molar-refractivity contribution in [3.8, 4) is 0 Å². The van der Waals surface area contributed by atoms with Crippen molar-refractivity contribution in [1.82, 2.24) is 0 Å². The average Bonchev–Trinajstić information content (AvgIpc) is 3.32. The third-order valence-electron chi connectivity index (χ3n) is 8.46. The van der Waals surface area contributed by atoms with Crippen LogP contribution in [0.5, 0.6) is 0 Å². The van der Waals surface area contributed by atoms with E-state index in [9.17, 15) is 14.4 Å². The molecule has 48 heavy (non-hydrogen) atoms. The van der Waals surface area contributed by atoms with Gasteiger partial charge in [0.25, 0.3) is 0 Å². The summed E-state index contributed by atoms with van der Waals surface area (Å²) < 4.78 is 4.32. The standard InChI is InChI=1S/2C16H32O2.C6H8O6/c2*1-2-3-4-5-6-7-8-9-10-11-12-13-14-15-16(17)18;7-1-2(8)5-3(9)4(10)6(11)12-5/h2*2-15H2,1H3,(H,17,18);2,5,7-10H,1H2. The van der Waals surface area contributed by atoms with Gasteiger partial charge in [0.15, 0.2) is 11.9 Å². The molecule has 2 atom stereocenters. The molecule has 0 radical (unpaired) electrons. The number of hydrogen-bond donors (Lipinski definition) is 6. The maximum Gasteiger partial charge on any atom is 0.377 e. The minimum atomic E-state index is -1.42. The van der Waals surface area contributed by atoms with Crippen molar-refractivity contribution >= 4 is 17.9 Å². The molecule has 1 heterocycles.